The molecule has 0 spiro atoms. The van der Waals surface area contributed by atoms with Gasteiger partial charge < -0.3 is 0 Å². The van der Waals surface area contributed by atoms with Crippen LogP contribution in [0.1, 0.15) is 11.4 Å². The van der Waals surface area contributed by atoms with E-state index in [0.717, 1.165) is 5.82 Å². The predicted octanol–water partition coefficient (Wildman–Crippen LogP) is 0.842. The van der Waals surface area contributed by atoms with Crippen LogP contribution in [0.4, 0.5) is 0 Å². The first-order valence-electron chi connectivity index (χ1n) is 4.03. The fraction of sp³-hybridized carbons (Fsp3) is 0.111. The highest BCUT2D eigenvalue weighted by atomic mass is 15.1. The van der Waals surface area contributed by atoms with Gasteiger partial charge in [-0.1, -0.05) is 0 Å². The third-order valence-corrected chi connectivity index (χ3v) is 1.87. The molecule has 2 heterocycles. The van der Waals surface area contributed by atoms with Gasteiger partial charge >= 0.3 is 0 Å². The maximum atomic E-state index is 8.84. The number of rotatable bonds is 1. The molecule has 0 saturated carbocycles. The van der Waals surface area contributed by atoms with E-state index in [0.29, 0.717) is 11.4 Å². The van der Waals surface area contributed by atoms with Crippen molar-refractivity contribution < 1.29 is 0 Å². The van der Waals surface area contributed by atoms with Crippen LogP contribution in [0.2, 0.25) is 0 Å². The average Bonchev–Trinajstić information content (AvgIpc) is 2.64. The first-order chi connectivity index (χ1) is 6.83. The highest BCUT2D eigenvalue weighted by Crippen LogP contribution is 2.10. The summed E-state index contributed by atoms with van der Waals surface area (Å²) in [6.45, 7) is 1.85. The molecular weight excluding hydrogens is 178 g/mol. The summed E-state index contributed by atoms with van der Waals surface area (Å²) in [5.74, 6) is 1.36. The Bertz CT molecular complexity index is 494. The van der Waals surface area contributed by atoms with Gasteiger partial charge in [0.25, 0.3) is 0 Å². The van der Waals surface area contributed by atoms with E-state index >= 15 is 0 Å². The van der Waals surface area contributed by atoms with Gasteiger partial charge in [-0.05, 0) is 6.92 Å². The SMILES string of the molecule is Cc1nccn1-c1ncncc1C#N. The van der Waals surface area contributed by atoms with Crippen LogP contribution in [0.3, 0.4) is 0 Å². The maximum absolute atomic E-state index is 8.84. The summed E-state index contributed by atoms with van der Waals surface area (Å²) in [7, 11) is 0. The molecule has 0 fully saturated rings. The largest absolute Gasteiger partial charge is 0.287 e. The van der Waals surface area contributed by atoms with Crippen molar-refractivity contribution in [2.75, 3.05) is 0 Å². The second kappa shape index (κ2) is 3.26. The Morgan fingerprint density at radius 1 is 1.43 bits per heavy atom. The molecule has 0 atom stereocenters. The Kier molecular flexibility index (Phi) is 1.95. The zero-order valence-corrected chi connectivity index (χ0v) is 7.55. The number of nitriles is 1. The molecule has 14 heavy (non-hydrogen) atoms. The van der Waals surface area contributed by atoms with Gasteiger partial charge in [-0.3, -0.25) is 4.57 Å². The predicted molar refractivity (Wildman–Crippen MR) is 48.6 cm³/mol. The summed E-state index contributed by atoms with van der Waals surface area (Å²) >= 11 is 0. The lowest BCUT2D eigenvalue weighted by atomic mass is 10.3. The van der Waals surface area contributed by atoms with Crippen molar-refractivity contribution in [1.29, 1.82) is 5.26 Å². The second-order valence-electron chi connectivity index (χ2n) is 2.72. The molecule has 0 aliphatic carbocycles. The van der Waals surface area contributed by atoms with Crippen molar-refractivity contribution in [2.24, 2.45) is 0 Å². The van der Waals surface area contributed by atoms with E-state index in [9.17, 15) is 0 Å². The van der Waals surface area contributed by atoms with E-state index in [2.05, 4.69) is 15.0 Å². The Morgan fingerprint density at radius 2 is 2.29 bits per heavy atom. The average molecular weight is 185 g/mol. The number of imidazole rings is 1. The van der Waals surface area contributed by atoms with Crippen molar-refractivity contribution in [2.45, 2.75) is 6.92 Å². The molecule has 0 aromatic carbocycles. The Hall–Kier alpha value is -2.22. The lowest BCUT2D eigenvalue weighted by molar-refractivity contribution is 0.914. The number of aryl methyl sites for hydroxylation is 1. The third kappa shape index (κ3) is 1.23. The fourth-order valence-electron chi connectivity index (χ4n) is 1.20. The summed E-state index contributed by atoms with van der Waals surface area (Å²) < 4.78 is 1.75. The summed E-state index contributed by atoms with van der Waals surface area (Å²) in [6, 6.07) is 2.04. The Morgan fingerprint density at radius 3 is 2.93 bits per heavy atom. The molecule has 0 unspecified atom stereocenters. The molecule has 0 N–H and O–H groups in total. The van der Waals surface area contributed by atoms with E-state index in [-0.39, 0.29) is 0 Å². The molecule has 2 aromatic rings. The first-order valence-corrected chi connectivity index (χ1v) is 4.03. The standard InChI is InChI=1S/C9H7N5/c1-7-12-2-3-14(7)9-8(4-10)5-11-6-13-9/h2-3,5-6H,1H3. The van der Waals surface area contributed by atoms with Crippen LogP contribution in [-0.2, 0) is 0 Å². The molecule has 5 nitrogen and oxygen atoms in total. The number of aromatic nitrogens is 4. The zero-order valence-electron chi connectivity index (χ0n) is 7.55. The van der Waals surface area contributed by atoms with Gasteiger partial charge in [0.15, 0.2) is 5.82 Å². The van der Waals surface area contributed by atoms with Crippen LogP contribution in [-0.4, -0.2) is 19.5 Å². The van der Waals surface area contributed by atoms with Gasteiger partial charge in [0.1, 0.15) is 23.8 Å². The van der Waals surface area contributed by atoms with Gasteiger partial charge in [-0.15, -0.1) is 0 Å². The summed E-state index contributed by atoms with van der Waals surface area (Å²) in [5.41, 5.74) is 0.439. The molecule has 0 aliphatic heterocycles. The highest BCUT2D eigenvalue weighted by Gasteiger charge is 2.07. The van der Waals surface area contributed by atoms with Crippen LogP contribution in [0.5, 0.6) is 0 Å². The van der Waals surface area contributed by atoms with Crippen molar-refractivity contribution in [3.8, 4) is 11.9 Å². The van der Waals surface area contributed by atoms with Crippen LogP contribution in [0.25, 0.3) is 5.82 Å². The highest BCUT2D eigenvalue weighted by molar-refractivity contribution is 5.41. The lowest BCUT2D eigenvalue weighted by Crippen LogP contribution is -2.02. The molecule has 5 heteroatoms. The van der Waals surface area contributed by atoms with Gasteiger partial charge in [0, 0.05) is 12.4 Å². The lowest BCUT2D eigenvalue weighted by Gasteiger charge is -2.03. The maximum Gasteiger partial charge on any atom is 0.159 e. The van der Waals surface area contributed by atoms with Gasteiger partial charge in [0.2, 0.25) is 0 Å². The van der Waals surface area contributed by atoms with Gasteiger partial charge in [-0.25, -0.2) is 15.0 Å². The van der Waals surface area contributed by atoms with E-state index in [1.54, 1.807) is 17.0 Å². The molecule has 0 bridgehead atoms. The number of nitrogens with zero attached hydrogens (tertiary/aromatic N) is 5. The summed E-state index contributed by atoms with van der Waals surface area (Å²) in [6.07, 6.45) is 6.33. The Balaban J connectivity index is 2.64. The van der Waals surface area contributed by atoms with Crippen LogP contribution < -0.4 is 0 Å². The molecule has 0 radical (unpaired) electrons. The molecular formula is C9H7N5. The molecule has 0 saturated heterocycles. The summed E-state index contributed by atoms with van der Waals surface area (Å²) in [4.78, 5) is 11.9. The molecule has 2 aromatic heterocycles. The number of hydrogen-bond acceptors (Lipinski definition) is 4. The molecule has 2 rings (SSSR count). The molecule has 0 amide bonds. The van der Waals surface area contributed by atoms with Crippen molar-refractivity contribution >= 4 is 0 Å². The zero-order chi connectivity index (χ0) is 9.97. The third-order valence-electron chi connectivity index (χ3n) is 1.87. The first kappa shape index (κ1) is 8.38. The van der Waals surface area contributed by atoms with Crippen LogP contribution in [0, 0.1) is 18.3 Å². The molecule has 68 valence electrons. The van der Waals surface area contributed by atoms with Crippen molar-refractivity contribution in [1.82, 2.24) is 19.5 Å². The molecule has 0 aliphatic rings. The van der Waals surface area contributed by atoms with Crippen LogP contribution in [0.15, 0.2) is 24.9 Å². The van der Waals surface area contributed by atoms with E-state index in [1.165, 1.54) is 12.5 Å². The van der Waals surface area contributed by atoms with Crippen LogP contribution >= 0.6 is 0 Å². The minimum Gasteiger partial charge on any atom is -0.287 e. The van der Waals surface area contributed by atoms with E-state index in [4.69, 9.17) is 5.26 Å². The monoisotopic (exact) mass is 185 g/mol. The quantitative estimate of drug-likeness (QED) is 0.660. The normalized spacial score (nSPS) is 9.71. The van der Waals surface area contributed by atoms with E-state index < -0.39 is 0 Å². The number of hydrogen-bond donors (Lipinski definition) is 0. The smallest absolute Gasteiger partial charge is 0.159 e. The minimum absolute atomic E-state index is 0.439. The topological polar surface area (TPSA) is 67.4 Å². The van der Waals surface area contributed by atoms with E-state index in [1.807, 2.05) is 13.0 Å². The minimum atomic E-state index is 0.439. The summed E-state index contributed by atoms with van der Waals surface area (Å²) in [5, 5.41) is 8.84. The van der Waals surface area contributed by atoms with Gasteiger partial charge in [0.05, 0.1) is 6.20 Å². The second-order valence-corrected chi connectivity index (χ2v) is 2.72. The Labute approximate surface area is 80.7 Å². The van der Waals surface area contributed by atoms with Crippen molar-refractivity contribution in [3.63, 3.8) is 0 Å². The van der Waals surface area contributed by atoms with Gasteiger partial charge in [-0.2, -0.15) is 5.26 Å². The van der Waals surface area contributed by atoms with Crippen molar-refractivity contribution in [3.05, 3.63) is 36.3 Å². The fourth-order valence-corrected chi connectivity index (χ4v) is 1.20.